The van der Waals surface area contributed by atoms with E-state index in [-0.39, 0.29) is 22.5 Å². The summed E-state index contributed by atoms with van der Waals surface area (Å²) in [6.07, 6.45) is 1.54. The maximum Gasteiger partial charge on any atom is 0.348 e. The molecule has 0 radical (unpaired) electrons. The Morgan fingerprint density at radius 1 is 1.22 bits per heavy atom. The zero-order valence-electron chi connectivity index (χ0n) is 16.7. The number of esters is 1. The van der Waals surface area contributed by atoms with Gasteiger partial charge >= 0.3 is 12.0 Å². The van der Waals surface area contributed by atoms with E-state index >= 15 is 8.78 Å². The Balaban J connectivity index is 1.52. The predicted octanol–water partition coefficient (Wildman–Crippen LogP) is 4.63. The van der Waals surface area contributed by atoms with Gasteiger partial charge in [0.05, 0.1) is 30.5 Å². The highest BCUT2D eigenvalue weighted by molar-refractivity contribution is 7.12. The molecule has 2 N–H and O–H groups in total. The molecule has 1 aliphatic heterocycles. The number of benzene rings is 2. The lowest BCUT2D eigenvalue weighted by atomic mass is 9.99. The lowest BCUT2D eigenvalue weighted by Gasteiger charge is -2.24. The number of aromatic nitrogens is 2. The van der Waals surface area contributed by atoms with Crippen LogP contribution in [-0.2, 0) is 4.74 Å². The number of rotatable bonds is 4. The summed E-state index contributed by atoms with van der Waals surface area (Å²) >= 11 is 1.09. The van der Waals surface area contributed by atoms with Crippen LogP contribution in [0.15, 0.2) is 48.1 Å². The summed E-state index contributed by atoms with van der Waals surface area (Å²) in [5.41, 5.74) is 2.43. The van der Waals surface area contributed by atoms with E-state index in [0.717, 1.165) is 16.9 Å². The Labute approximate surface area is 184 Å². The second-order valence-electron chi connectivity index (χ2n) is 7.20. The monoisotopic (exact) mass is 454 g/mol. The molecule has 0 aliphatic carbocycles. The number of H-pyrrole nitrogens is 1. The SMILES string of the molecule is COC(=O)c1cc(-c2ccc(C3CNC(=O)N3c3ccc4[nH]cnc4c3)c(F)c2F)cs1. The van der Waals surface area contributed by atoms with Crippen molar-refractivity contribution >= 4 is 40.1 Å². The minimum atomic E-state index is -1.04. The summed E-state index contributed by atoms with van der Waals surface area (Å²) < 4.78 is 34.9. The van der Waals surface area contributed by atoms with Crippen molar-refractivity contribution in [1.82, 2.24) is 15.3 Å². The van der Waals surface area contributed by atoms with Crippen LogP contribution in [-0.4, -0.2) is 35.6 Å². The van der Waals surface area contributed by atoms with E-state index in [1.54, 1.807) is 29.9 Å². The third-order valence-electron chi connectivity index (χ3n) is 5.43. The topological polar surface area (TPSA) is 87.3 Å². The van der Waals surface area contributed by atoms with Gasteiger partial charge in [-0.1, -0.05) is 12.1 Å². The van der Waals surface area contributed by atoms with Crippen molar-refractivity contribution in [2.75, 3.05) is 18.6 Å². The van der Waals surface area contributed by atoms with E-state index in [2.05, 4.69) is 20.0 Å². The van der Waals surface area contributed by atoms with Gasteiger partial charge in [-0.2, -0.15) is 0 Å². The molecule has 10 heteroatoms. The molecule has 1 atom stereocenters. The van der Waals surface area contributed by atoms with Crippen molar-refractivity contribution in [2.45, 2.75) is 6.04 Å². The van der Waals surface area contributed by atoms with Crippen LogP contribution < -0.4 is 10.2 Å². The Morgan fingerprint density at radius 3 is 2.88 bits per heavy atom. The van der Waals surface area contributed by atoms with Crippen molar-refractivity contribution < 1.29 is 23.1 Å². The number of carbonyl (C=O) groups is 2. The first kappa shape index (κ1) is 20.1. The largest absolute Gasteiger partial charge is 0.465 e. The van der Waals surface area contributed by atoms with E-state index < -0.39 is 29.7 Å². The molecule has 0 saturated carbocycles. The summed E-state index contributed by atoms with van der Waals surface area (Å²) in [6, 6.07) is 8.44. The number of ether oxygens (including phenoxy) is 1. The Kier molecular flexibility index (Phi) is 4.86. The molecule has 7 nitrogen and oxygen atoms in total. The van der Waals surface area contributed by atoms with Crippen LogP contribution in [0.3, 0.4) is 0 Å². The van der Waals surface area contributed by atoms with Gasteiger partial charge in [-0.3, -0.25) is 4.90 Å². The van der Waals surface area contributed by atoms with Crippen LogP contribution in [0.4, 0.5) is 19.3 Å². The van der Waals surface area contributed by atoms with Gasteiger partial charge < -0.3 is 15.0 Å². The Morgan fingerprint density at radius 2 is 2.06 bits per heavy atom. The van der Waals surface area contributed by atoms with Crippen LogP contribution in [0.1, 0.15) is 21.3 Å². The molecule has 3 heterocycles. The minimum absolute atomic E-state index is 0.0272. The second-order valence-corrected chi connectivity index (χ2v) is 8.11. The number of urea groups is 1. The molecule has 32 heavy (non-hydrogen) atoms. The second kappa shape index (κ2) is 7.72. The number of amides is 2. The number of thiophene rings is 1. The lowest BCUT2D eigenvalue weighted by molar-refractivity contribution is 0.0606. The number of carbonyl (C=O) groups excluding carboxylic acids is 2. The average Bonchev–Trinajstić information content (AvgIpc) is 3.54. The molecule has 1 aliphatic rings. The summed E-state index contributed by atoms with van der Waals surface area (Å²) in [5, 5.41) is 4.26. The van der Waals surface area contributed by atoms with E-state index in [9.17, 15) is 9.59 Å². The fourth-order valence-electron chi connectivity index (χ4n) is 3.85. The van der Waals surface area contributed by atoms with Gasteiger partial charge in [0, 0.05) is 23.4 Å². The Hall–Kier alpha value is -3.79. The lowest BCUT2D eigenvalue weighted by Crippen LogP contribution is -2.30. The Bertz CT molecular complexity index is 1370. The van der Waals surface area contributed by atoms with Crippen LogP contribution in [0.5, 0.6) is 0 Å². The molecular formula is C22H16F2N4O3S. The molecule has 2 aromatic carbocycles. The minimum Gasteiger partial charge on any atom is -0.465 e. The number of hydrogen-bond acceptors (Lipinski definition) is 5. The maximum absolute atomic E-state index is 15.2. The standard InChI is InChI=1S/C22H16F2N4O3S/c1-31-21(29)18-6-11(9-32-18)13-3-4-14(20(24)19(13)23)17-8-25-22(30)28(17)12-2-5-15-16(7-12)27-10-26-15/h2-7,9-10,17H,8H2,1H3,(H,25,30)(H,26,27). The summed E-state index contributed by atoms with van der Waals surface area (Å²) in [6.45, 7) is 0.123. The van der Waals surface area contributed by atoms with Crippen LogP contribution in [0, 0.1) is 11.6 Å². The van der Waals surface area contributed by atoms with Gasteiger partial charge in [0.1, 0.15) is 4.88 Å². The number of aromatic amines is 1. The molecular weight excluding hydrogens is 438 g/mol. The van der Waals surface area contributed by atoms with E-state index in [4.69, 9.17) is 0 Å². The third-order valence-corrected chi connectivity index (χ3v) is 6.34. The van der Waals surface area contributed by atoms with Gasteiger partial charge in [-0.05, 0) is 35.2 Å². The molecule has 0 spiro atoms. The third kappa shape index (κ3) is 3.19. The number of nitrogens with zero attached hydrogens (tertiary/aromatic N) is 2. The van der Waals surface area contributed by atoms with Crippen molar-refractivity contribution in [3.05, 3.63) is 70.2 Å². The number of imidazole rings is 1. The highest BCUT2D eigenvalue weighted by Gasteiger charge is 2.36. The smallest absolute Gasteiger partial charge is 0.348 e. The van der Waals surface area contributed by atoms with Gasteiger partial charge in [0.15, 0.2) is 11.6 Å². The molecule has 162 valence electrons. The fourth-order valence-corrected chi connectivity index (χ4v) is 4.67. The van der Waals surface area contributed by atoms with Gasteiger partial charge in [0.25, 0.3) is 0 Å². The highest BCUT2D eigenvalue weighted by Crippen LogP contribution is 2.37. The quantitative estimate of drug-likeness (QED) is 0.440. The van der Waals surface area contributed by atoms with E-state index in [0.29, 0.717) is 16.8 Å². The molecule has 2 amide bonds. The first-order valence-corrected chi connectivity index (χ1v) is 10.5. The molecule has 1 fully saturated rings. The number of methoxy groups -OCH3 is 1. The molecule has 5 rings (SSSR count). The van der Waals surface area contributed by atoms with Crippen molar-refractivity contribution in [3.8, 4) is 11.1 Å². The number of anilines is 1. The van der Waals surface area contributed by atoms with Crippen molar-refractivity contribution in [3.63, 3.8) is 0 Å². The van der Waals surface area contributed by atoms with Gasteiger partial charge in [-0.25, -0.2) is 23.4 Å². The molecule has 1 unspecified atom stereocenters. The van der Waals surface area contributed by atoms with E-state index in [1.807, 2.05) is 0 Å². The summed E-state index contributed by atoms with van der Waals surface area (Å²) in [5.74, 6) is -2.63. The summed E-state index contributed by atoms with van der Waals surface area (Å²) in [7, 11) is 1.25. The van der Waals surface area contributed by atoms with Gasteiger partial charge in [0.2, 0.25) is 0 Å². The first-order valence-electron chi connectivity index (χ1n) is 9.63. The molecule has 4 aromatic rings. The molecule has 0 bridgehead atoms. The summed E-state index contributed by atoms with van der Waals surface area (Å²) in [4.78, 5) is 33.1. The zero-order valence-corrected chi connectivity index (χ0v) is 17.5. The van der Waals surface area contributed by atoms with Gasteiger partial charge in [-0.15, -0.1) is 11.3 Å². The highest BCUT2D eigenvalue weighted by atomic mass is 32.1. The zero-order chi connectivity index (χ0) is 22.4. The van der Waals surface area contributed by atoms with Crippen LogP contribution in [0.25, 0.3) is 22.2 Å². The van der Waals surface area contributed by atoms with Crippen molar-refractivity contribution in [1.29, 1.82) is 0 Å². The maximum atomic E-state index is 15.2. The molecule has 2 aromatic heterocycles. The predicted molar refractivity (Wildman–Crippen MR) is 116 cm³/mol. The van der Waals surface area contributed by atoms with Crippen molar-refractivity contribution in [2.24, 2.45) is 0 Å². The number of halogens is 2. The molecule has 1 saturated heterocycles. The number of hydrogen-bond donors (Lipinski definition) is 2. The fraction of sp³-hybridized carbons (Fsp3) is 0.136. The van der Waals surface area contributed by atoms with Crippen LogP contribution >= 0.6 is 11.3 Å². The average molecular weight is 454 g/mol. The van der Waals surface area contributed by atoms with Crippen LogP contribution in [0.2, 0.25) is 0 Å². The first-order chi connectivity index (χ1) is 15.5. The number of fused-ring (bicyclic) bond motifs is 1. The normalized spacial score (nSPS) is 15.9. The number of nitrogens with one attached hydrogen (secondary N) is 2. The van der Waals surface area contributed by atoms with E-state index in [1.165, 1.54) is 30.2 Å².